The van der Waals surface area contributed by atoms with Crippen LogP contribution in [-0.2, 0) is 4.74 Å². The van der Waals surface area contributed by atoms with E-state index >= 15 is 0 Å². The van der Waals surface area contributed by atoms with Crippen LogP contribution in [0.2, 0.25) is 0 Å². The van der Waals surface area contributed by atoms with E-state index in [0.29, 0.717) is 18.1 Å². The molecule has 1 N–H and O–H groups in total. The smallest absolute Gasteiger partial charge is 0.0674 e. The van der Waals surface area contributed by atoms with E-state index in [2.05, 4.69) is 18.7 Å². The summed E-state index contributed by atoms with van der Waals surface area (Å²) in [5.41, 5.74) is 0. The summed E-state index contributed by atoms with van der Waals surface area (Å²) in [5.74, 6) is 0.477. The molecule has 0 spiro atoms. The molecule has 2 rings (SSSR count). The fourth-order valence-electron chi connectivity index (χ4n) is 3.11. The van der Waals surface area contributed by atoms with Crippen molar-refractivity contribution in [2.24, 2.45) is 5.92 Å². The summed E-state index contributed by atoms with van der Waals surface area (Å²) in [6, 6.07) is 0.502. The van der Waals surface area contributed by atoms with Gasteiger partial charge in [-0.05, 0) is 32.6 Å². The molecule has 17 heavy (non-hydrogen) atoms. The van der Waals surface area contributed by atoms with Crippen molar-refractivity contribution >= 4 is 0 Å². The number of ether oxygens (including phenoxy) is 1. The van der Waals surface area contributed by atoms with E-state index in [4.69, 9.17) is 4.74 Å². The monoisotopic (exact) mass is 241 g/mol. The van der Waals surface area contributed by atoms with E-state index in [1.54, 1.807) is 0 Å². The molecule has 3 nitrogen and oxygen atoms in total. The van der Waals surface area contributed by atoms with Gasteiger partial charge >= 0.3 is 0 Å². The van der Waals surface area contributed by atoms with Gasteiger partial charge in [0, 0.05) is 19.1 Å². The minimum atomic E-state index is -0.0807. The van der Waals surface area contributed by atoms with Crippen molar-refractivity contribution in [2.45, 2.75) is 64.2 Å². The molecule has 0 aromatic rings. The minimum Gasteiger partial charge on any atom is -0.393 e. The van der Waals surface area contributed by atoms with Crippen LogP contribution in [0.3, 0.4) is 0 Å². The van der Waals surface area contributed by atoms with Crippen molar-refractivity contribution < 1.29 is 9.84 Å². The summed E-state index contributed by atoms with van der Waals surface area (Å²) in [6.45, 7) is 7.28. The summed E-state index contributed by atoms with van der Waals surface area (Å²) in [5, 5.41) is 10.2. The van der Waals surface area contributed by atoms with Gasteiger partial charge in [0.05, 0.1) is 18.8 Å². The van der Waals surface area contributed by atoms with Gasteiger partial charge in [0.15, 0.2) is 0 Å². The van der Waals surface area contributed by atoms with Crippen LogP contribution in [0.5, 0.6) is 0 Å². The quantitative estimate of drug-likeness (QED) is 0.751. The van der Waals surface area contributed by atoms with Crippen molar-refractivity contribution in [3.05, 3.63) is 0 Å². The topological polar surface area (TPSA) is 32.7 Å². The predicted molar refractivity (Wildman–Crippen MR) is 69.0 cm³/mol. The Kier molecular flexibility index (Phi) is 4.83. The lowest BCUT2D eigenvalue weighted by atomic mass is 9.95. The molecule has 1 aliphatic carbocycles. The van der Waals surface area contributed by atoms with Crippen molar-refractivity contribution in [1.29, 1.82) is 0 Å². The van der Waals surface area contributed by atoms with Crippen molar-refractivity contribution in [3.8, 4) is 0 Å². The molecular formula is C14H27NO2. The number of morpholine rings is 1. The average molecular weight is 241 g/mol. The third kappa shape index (κ3) is 3.67. The van der Waals surface area contributed by atoms with E-state index in [1.807, 2.05) is 0 Å². The maximum absolute atomic E-state index is 10.2. The Morgan fingerprint density at radius 3 is 2.76 bits per heavy atom. The molecule has 1 saturated carbocycles. The van der Waals surface area contributed by atoms with Gasteiger partial charge in [-0.15, -0.1) is 0 Å². The van der Waals surface area contributed by atoms with Gasteiger partial charge in [0.25, 0.3) is 0 Å². The molecule has 1 saturated heterocycles. The Morgan fingerprint density at radius 2 is 1.94 bits per heavy atom. The SMILES string of the molecule is CC1CN(CC2CCCCCC2O)C(C)CO1. The fraction of sp³-hybridized carbons (Fsp3) is 1.00. The molecule has 4 unspecified atom stereocenters. The van der Waals surface area contributed by atoms with E-state index in [1.165, 1.54) is 25.7 Å². The predicted octanol–water partition coefficient (Wildman–Crippen LogP) is 2.04. The number of aliphatic hydroxyl groups excluding tert-OH is 1. The van der Waals surface area contributed by atoms with Gasteiger partial charge in [-0.2, -0.15) is 0 Å². The lowest BCUT2D eigenvalue weighted by Gasteiger charge is -2.39. The van der Waals surface area contributed by atoms with E-state index in [-0.39, 0.29) is 6.10 Å². The largest absolute Gasteiger partial charge is 0.393 e. The maximum Gasteiger partial charge on any atom is 0.0674 e. The Bertz CT molecular complexity index is 234. The van der Waals surface area contributed by atoms with Crippen LogP contribution in [0.1, 0.15) is 46.0 Å². The van der Waals surface area contributed by atoms with Crippen LogP contribution in [0.15, 0.2) is 0 Å². The average Bonchev–Trinajstić information content (AvgIpc) is 2.50. The zero-order chi connectivity index (χ0) is 12.3. The molecule has 0 bridgehead atoms. The van der Waals surface area contributed by atoms with Crippen molar-refractivity contribution in [1.82, 2.24) is 4.90 Å². The molecule has 2 aliphatic rings. The maximum atomic E-state index is 10.2. The number of hydrogen-bond donors (Lipinski definition) is 1. The third-order valence-corrected chi connectivity index (χ3v) is 4.32. The summed E-state index contributed by atoms with van der Waals surface area (Å²) in [4.78, 5) is 2.51. The van der Waals surface area contributed by atoms with Gasteiger partial charge in [0.1, 0.15) is 0 Å². The molecule has 100 valence electrons. The lowest BCUT2D eigenvalue weighted by molar-refractivity contribution is -0.0618. The van der Waals surface area contributed by atoms with Crippen molar-refractivity contribution in [3.63, 3.8) is 0 Å². The van der Waals surface area contributed by atoms with E-state index in [0.717, 1.165) is 26.1 Å². The highest BCUT2D eigenvalue weighted by atomic mass is 16.5. The van der Waals surface area contributed by atoms with Gasteiger partial charge in [-0.1, -0.05) is 19.3 Å². The van der Waals surface area contributed by atoms with Crippen LogP contribution < -0.4 is 0 Å². The Morgan fingerprint density at radius 1 is 1.18 bits per heavy atom. The van der Waals surface area contributed by atoms with Crippen LogP contribution in [0.25, 0.3) is 0 Å². The number of hydrogen-bond acceptors (Lipinski definition) is 3. The molecule has 3 heteroatoms. The number of rotatable bonds is 2. The molecule has 0 radical (unpaired) electrons. The van der Waals surface area contributed by atoms with E-state index in [9.17, 15) is 5.11 Å². The van der Waals surface area contributed by atoms with Gasteiger partial charge in [-0.3, -0.25) is 4.90 Å². The van der Waals surface area contributed by atoms with Crippen molar-refractivity contribution in [2.75, 3.05) is 19.7 Å². The molecule has 1 aliphatic heterocycles. The van der Waals surface area contributed by atoms with Crippen LogP contribution in [-0.4, -0.2) is 48.0 Å². The first-order valence-electron chi connectivity index (χ1n) is 7.20. The van der Waals surface area contributed by atoms with Crippen LogP contribution in [0.4, 0.5) is 0 Å². The summed E-state index contributed by atoms with van der Waals surface area (Å²) < 4.78 is 5.66. The molecule has 2 fully saturated rings. The summed E-state index contributed by atoms with van der Waals surface area (Å²) in [7, 11) is 0. The molecule has 0 aromatic carbocycles. The lowest BCUT2D eigenvalue weighted by Crippen LogP contribution is -2.50. The number of nitrogens with zero attached hydrogens (tertiary/aromatic N) is 1. The minimum absolute atomic E-state index is 0.0807. The normalized spacial score (nSPS) is 41.1. The molecule has 0 aromatic heterocycles. The number of aliphatic hydroxyl groups is 1. The highest BCUT2D eigenvalue weighted by Crippen LogP contribution is 2.25. The zero-order valence-electron chi connectivity index (χ0n) is 11.3. The summed E-state index contributed by atoms with van der Waals surface area (Å²) >= 11 is 0. The second-order valence-corrected chi connectivity index (χ2v) is 5.91. The Labute approximate surface area is 105 Å². The highest BCUT2D eigenvalue weighted by molar-refractivity contribution is 4.81. The van der Waals surface area contributed by atoms with E-state index < -0.39 is 0 Å². The summed E-state index contributed by atoms with van der Waals surface area (Å²) in [6.07, 6.45) is 6.24. The molecule has 1 heterocycles. The van der Waals surface area contributed by atoms with Gasteiger partial charge < -0.3 is 9.84 Å². The second kappa shape index (κ2) is 6.17. The van der Waals surface area contributed by atoms with Crippen LogP contribution in [0, 0.1) is 5.92 Å². The first-order chi connectivity index (χ1) is 8.16. The molecule has 4 atom stereocenters. The van der Waals surface area contributed by atoms with Crippen LogP contribution >= 0.6 is 0 Å². The third-order valence-electron chi connectivity index (χ3n) is 4.32. The molecular weight excluding hydrogens is 214 g/mol. The standard InChI is InChI=1S/C14H27NO2/c1-11-10-17-12(2)8-15(11)9-13-6-4-3-5-7-14(13)16/h11-14,16H,3-10H2,1-2H3. The van der Waals surface area contributed by atoms with Gasteiger partial charge in [-0.25, -0.2) is 0 Å². The molecule has 0 amide bonds. The highest BCUT2D eigenvalue weighted by Gasteiger charge is 2.29. The Balaban J connectivity index is 1.89. The zero-order valence-corrected chi connectivity index (χ0v) is 11.3. The second-order valence-electron chi connectivity index (χ2n) is 5.91. The van der Waals surface area contributed by atoms with Gasteiger partial charge in [0.2, 0.25) is 0 Å². The fourth-order valence-corrected chi connectivity index (χ4v) is 3.11. The first kappa shape index (κ1) is 13.3. The first-order valence-corrected chi connectivity index (χ1v) is 7.20. The Hall–Kier alpha value is -0.120.